The molecule has 4 rings (SSSR count). The molecule has 1 aliphatic rings. The van der Waals surface area contributed by atoms with Crippen molar-refractivity contribution in [1.82, 2.24) is 4.57 Å². The second kappa shape index (κ2) is 8.35. The summed E-state index contributed by atoms with van der Waals surface area (Å²) in [7, 11) is 1.68. The number of carbonyl (C=O) groups is 1. The molecule has 33 heavy (non-hydrogen) atoms. The largest absolute Gasteiger partial charge is 0.495 e. The van der Waals surface area contributed by atoms with Gasteiger partial charge in [-0.1, -0.05) is 12.1 Å². The van der Waals surface area contributed by atoms with Crippen molar-refractivity contribution < 1.29 is 14.6 Å². The zero-order valence-electron chi connectivity index (χ0n) is 19.5. The van der Waals surface area contributed by atoms with E-state index in [1.165, 1.54) is 6.20 Å². The Bertz CT molecular complexity index is 1270. The topological polar surface area (TPSA) is 101 Å². The number of hydrogen-bond acceptors (Lipinski definition) is 6. The lowest BCUT2D eigenvalue weighted by Gasteiger charge is -2.38. The molecule has 0 unspecified atom stereocenters. The summed E-state index contributed by atoms with van der Waals surface area (Å²) in [6, 6.07) is 11.5. The van der Waals surface area contributed by atoms with E-state index in [2.05, 4.69) is 15.9 Å². The number of fused-ring (bicyclic) bond motifs is 1. The monoisotopic (exact) mass is 450 g/mol. The molecule has 3 aromatic rings. The van der Waals surface area contributed by atoms with E-state index in [0.717, 1.165) is 43.3 Å². The van der Waals surface area contributed by atoms with E-state index in [1.54, 1.807) is 13.2 Å². The number of carboxylic acid groups (broad SMARTS) is 1. The summed E-state index contributed by atoms with van der Waals surface area (Å²) in [4.78, 5) is 29.0. The Labute approximate surface area is 192 Å². The molecule has 1 aliphatic heterocycles. The van der Waals surface area contributed by atoms with Crippen LogP contribution in [0.25, 0.3) is 10.9 Å². The summed E-state index contributed by atoms with van der Waals surface area (Å²) in [6.45, 7) is 9.02. The van der Waals surface area contributed by atoms with E-state index in [1.807, 2.05) is 49.6 Å². The van der Waals surface area contributed by atoms with Gasteiger partial charge in [0.15, 0.2) is 0 Å². The Kier molecular flexibility index (Phi) is 5.69. The fourth-order valence-corrected chi connectivity index (χ4v) is 4.44. The molecule has 3 N–H and O–H groups in total. The maximum atomic E-state index is 12.9. The van der Waals surface area contributed by atoms with E-state index >= 15 is 0 Å². The summed E-state index contributed by atoms with van der Waals surface area (Å²) < 4.78 is 7.36. The number of rotatable bonds is 4. The molecule has 0 aliphatic carbocycles. The predicted octanol–water partition coefficient (Wildman–Crippen LogP) is 3.37. The molecule has 8 heteroatoms. The number of methoxy groups -OCH3 is 1. The highest BCUT2D eigenvalue weighted by atomic mass is 16.5. The number of aromatic carboxylic acids is 1. The molecule has 0 saturated carbocycles. The average Bonchev–Trinajstić information content (AvgIpc) is 2.78. The fraction of sp³-hybridized carbons (Fsp3) is 0.360. The summed E-state index contributed by atoms with van der Waals surface area (Å²) in [5.74, 6) is -0.394. The van der Waals surface area contributed by atoms with Gasteiger partial charge in [0.05, 0.1) is 29.7 Å². The van der Waals surface area contributed by atoms with E-state index < -0.39 is 16.9 Å². The lowest BCUT2D eigenvalue weighted by molar-refractivity contribution is 0.0694. The third kappa shape index (κ3) is 4.08. The molecule has 1 aromatic heterocycles. The number of nitrogens with zero attached hydrogens (tertiary/aromatic N) is 3. The number of nitrogen functional groups attached to an aromatic ring is 1. The minimum Gasteiger partial charge on any atom is -0.495 e. The number of aromatic nitrogens is 1. The van der Waals surface area contributed by atoms with Crippen LogP contribution < -0.4 is 25.7 Å². The molecule has 1 fully saturated rings. The van der Waals surface area contributed by atoms with Gasteiger partial charge >= 0.3 is 5.97 Å². The van der Waals surface area contributed by atoms with Crippen LogP contribution in [0.3, 0.4) is 0 Å². The van der Waals surface area contributed by atoms with Gasteiger partial charge in [-0.15, -0.1) is 0 Å². The highest BCUT2D eigenvalue weighted by Gasteiger charge is 2.25. The second-order valence-corrected chi connectivity index (χ2v) is 9.29. The Morgan fingerprint density at radius 3 is 2.21 bits per heavy atom. The fourth-order valence-electron chi connectivity index (χ4n) is 4.44. The van der Waals surface area contributed by atoms with Crippen molar-refractivity contribution in [3.63, 3.8) is 0 Å². The number of ether oxygens (including phenoxy) is 1. The number of para-hydroxylation sites is 2. The first kappa shape index (κ1) is 22.5. The SMILES string of the molecule is COc1ccccc1N1CCN(c2cc3c(cc2N)c(=O)c(C(=O)O)cn3C(C)(C)C)CC1. The van der Waals surface area contributed by atoms with Crippen LogP contribution in [-0.4, -0.2) is 48.9 Å². The number of benzene rings is 2. The number of nitrogens with two attached hydrogens (primary N) is 1. The second-order valence-electron chi connectivity index (χ2n) is 9.29. The lowest BCUT2D eigenvalue weighted by atomic mass is 10.0. The van der Waals surface area contributed by atoms with E-state index in [9.17, 15) is 14.7 Å². The van der Waals surface area contributed by atoms with Crippen LogP contribution in [-0.2, 0) is 5.54 Å². The van der Waals surface area contributed by atoms with Gasteiger partial charge in [-0.2, -0.15) is 0 Å². The molecule has 2 aromatic carbocycles. The summed E-state index contributed by atoms with van der Waals surface area (Å²) in [5, 5.41) is 9.85. The minimum atomic E-state index is -1.24. The Balaban J connectivity index is 1.72. The van der Waals surface area contributed by atoms with Crippen molar-refractivity contribution in [3.05, 3.63) is 58.4 Å². The van der Waals surface area contributed by atoms with E-state index in [-0.39, 0.29) is 5.56 Å². The molecule has 0 bridgehead atoms. The molecule has 2 heterocycles. The van der Waals surface area contributed by atoms with Crippen LogP contribution in [0, 0.1) is 0 Å². The Morgan fingerprint density at radius 2 is 1.64 bits per heavy atom. The van der Waals surface area contributed by atoms with Crippen molar-refractivity contribution in [1.29, 1.82) is 0 Å². The first-order valence-electron chi connectivity index (χ1n) is 11.0. The number of piperazine rings is 1. The van der Waals surface area contributed by atoms with Gasteiger partial charge in [0, 0.05) is 43.3 Å². The van der Waals surface area contributed by atoms with Gasteiger partial charge in [-0.3, -0.25) is 4.79 Å². The maximum absolute atomic E-state index is 12.9. The predicted molar refractivity (Wildman–Crippen MR) is 132 cm³/mol. The summed E-state index contributed by atoms with van der Waals surface area (Å²) in [6.07, 6.45) is 1.44. The van der Waals surface area contributed by atoms with Gasteiger partial charge in [-0.05, 0) is 45.0 Å². The molecule has 0 spiro atoms. The summed E-state index contributed by atoms with van der Waals surface area (Å²) >= 11 is 0. The highest BCUT2D eigenvalue weighted by molar-refractivity contribution is 5.96. The van der Waals surface area contributed by atoms with Gasteiger partial charge in [0.25, 0.3) is 0 Å². The van der Waals surface area contributed by atoms with E-state index in [0.29, 0.717) is 16.6 Å². The average molecular weight is 451 g/mol. The first-order chi connectivity index (χ1) is 15.6. The molecule has 174 valence electrons. The molecular formula is C25H30N4O4. The first-order valence-corrected chi connectivity index (χ1v) is 11.0. The van der Waals surface area contributed by atoms with E-state index in [4.69, 9.17) is 10.5 Å². The molecule has 0 atom stereocenters. The van der Waals surface area contributed by atoms with Gasteiger partial charge in [-0.25, -0.2) is 4.79 Å². The van der Waals surface area contributed by atoms with Gasteiger partial charge in [0.1, 0.15) is 11.3 Å². The number of anilines is 3. The molecule has 8 nitrogen and oxygen atoms in total. The van der Waals surface area contributed by atoms with Crippen LogP contribution in [0.2, 0.25) is 0 Å². The zero-order valence-corrected chi connectivity index (χ0v) is 19.5. The van der Waals surface area contributed by atoms with Crippen molar-refractivity contribution in [2.45, 2.75) is 26.3 Å². The lowest BCUT2D eigenvalue weighted by Crippen LogP contribution is -2.46. The van der Waals surface area contributed by atoms with Crippen molar-refractivity contribution >= 4 is 33.9 Å². The van der Waals surface area contributed by atoms with Crippen LogP contribution in [0.4, 0.5) is 17.1 Å². The summed E-state index contributed by atoms with van der Waals surface area (Å²) in [5.41, 5.74) is 8.25. The normalized spacial score (nSPS) is 14.5. The smallest absolute Gasteiger partial charge is 0.341 e. The highest BCUT2D eigenvalue weighted by Crippen LogP contribution is 2.33. The molecule has 0 radical (unpaired) electrons. The maximum Gasteiger partial charge on any atom is 0.341 e. The number of hydrogen-bond donors (Lipinski definition) is 2. The standard InChI is InChI=1S/C25H30N4O4/c1-25(2,3)29-15-17(24(31)32)23(30)16-13-18(26)21(14-20(16)29)28-11-9-27(10-12-28)19-7-5-6-8-22(19)33-4/h5-8,13-15H,9-12,26H2,1-4H3,(H,31,32). The number of pyridine rings is 1. The van der Waals surface area contributed by atoms with Crippen molar-refractivity contribution in [2.24, 2.45) is 0 Å². The third-order valence-electron chi connectivity index (χ3n) is 6.15. The quantitative estimate of drug-likeness (QED) is 0.588. The van der Waals surface area contributed by atoms with Crippen LogP contribution in [0.15, 0.2) is 47.4 Å². The van der Waals surface area contributed by atoms with Crippen molar-refractivity contribution in [2.75, 3.05) is 48.8 Å². The third-order valence-corrected chi connectivity index (χ3v) is 6.15. The molecule has 1 saturated heterocycles. The minimum absolute atomic E-state index is 0.255. The van der Waals surface area contributed by atoms with Crippen molar-refractivity contribution in [3.8, 4) is 5.75 Å². The van der Waals surface area contributed by atoms with Gasteiger partial charge in [0.2, 0.25) is 5.43 Å². The molecule has 0 amide bonds. The Hall–Kier alpha value is -3.68. The van der Waals surface area contributed by atoms with Crippen LogP contribution in [0.1, 0.15) is 31.1 Å². The zero-order chi connectivity index (χ0) is 23.9. The Morgan fingerprint density at radius 1 is 1.03 bits per heavy atom. The van der Waals surface area contributed by atoms with Gasteiger partial charge < -0.3 is 29.9 Å². The van der Waals surface area contributed by atoms with Crippen LogP contribution >= 0.6 is 0 Å². The van der Waals surface area contributed by atoms with Crippen LogP contribution in [0.5, 0.6) is 5.75 Å². The molecular weight excluding hydrogens is 420 g/mol. The number of carboxylic acids is 1.